The zero-order valence-corrected chi connectivity index (χ0v) is 12.5. The Kier molecular flexibility index (Phi) is 4.39. The molecular weight excluding hydrogens is 278 g/mol. The number of hydrogen-bond donors (Lipinski definition) is 1. The van der Waals surface area contributed by atoms with Crippen molar-refractivity contribution >= 4 is 5.91 Å². The Balaban J connectivity index is 1.76. The van der Waals surface area contributed by atoms with Crippen LogP contribution in [0.5, 0.6) is 5.75 Å². The summed E-state index contributed by atoms with van der Waals surface area (Å²) in [6.45, 7) is 1.12. The van der Waals surface area contributed by atoms with Crippen molar-refractivity contribution in [3.63, 3.8) is 0 Å². The Hall–Kier alpha value is -2.33. The number of nitrogens with one attached hydrogen (secondary N) is 1. The summed E-state index contributed by atoms with van der Waals surface area (Å²) in [6.07, 6.45) is 0.778. The Morgan fingerprint density at radius 1 is 1.27 bits per heavy atom. The number of hydrogen-bond acceptors (Lipinski definition) is 3. The van der Waals surface area contributed by atoms with E-state index in [-0.39, 0.29) is 11.9 Å². The maximum absolute atomic E-state index is 12.5. The molecule has 0 aromatic heterocycles. The maximum Gasteiger partial charge on any atom is 0.251 e. The van der Waals surface area contributed by atoms with E-state index in [0.29, 0.717) is 18.8 Å². The molecule has 1 atom stereocenters. The van der Waals surface area contributed by atoms with E-state index >= 15 is 0 Å². The zero-order chi connectivity index (χ0) is 15.4. The predicted octanol–water partition coefficient (Wildman–Crippen LogP) is 3.09. The molecule has 0 saturated carbocycles. The molecular formula is C18H19NO3. The van der Waals surface area contributed by atoms with Crippen molar-refractivity contribution < 1.29 is 14.3 Å². The molecule has 4 heteroatoms. The highest BCUT2D eigenvalue weighted by Crippen LogP contribution is 2.31. The Labute approximate surface area is 130 Å². The molecule has 0 fully saturated rings. The Morgan fingerprint density at radius 3 is 3.00 bits per heavy atom. The van der Waals surface area contributed by atoms with E-state index in [2.05, 4.69) is 5.32 Å². The molecule has 114 valence electrons. The highest BCUT2D eigenvalue weighted by Gasteiger charge is 2.23. The molecule has 1 amide bonds. The van der Waals surface area contributed by atoms with E-state index in [4.69, 9.17) is 9.47 Å². The van der Waals surface area contributed by atoms with Gasteiger partial charge in [0, 0.05) is 24.7 Å². The van der Waals surface area contributed by atoms with Crippen LogP contribution < -0.4 is 10.1 Å². The molecule has 1 N–H and O–H groups in total. The van der Waals surface area contributed by atoms with E-state index in [1.807, 2.05) is 48.5 Å². The fraction of sp³-hybridized carbons (Fsp3) is 0.278. The smallest absolute Gasteiger partial charge is 0.251 e. The molecule has 1 heterocycles. The summed E-state index contributed by atoms with van der Waals surface area (Å²) < 4.78 is 10.7. The third-order valence-corrected chi connectivity index (χ3v) is 3.76. The first-order valence-corrected chi connectivity index (χ1v) is 7.38. The molecule has 0 unspecified atom stereocenters. The summed E-state index contributed by atoms with van der Waals surface area (Å²) in [5, 5.41) is 3.10. The third-order valence-electron chi connectivity index (χ3n) is 3.76. The summed E-state index contributed by atoms with van der Waals surface area (Å²) in [6, 6.07) is 15.3. The van der Waals surface area contributed by atoms with Crippen LogP contribution in [-0.4, -0.2) is 19.6 Å². The van der Waals surface area contributed by atoms with Gasteiger partial charge in [-0.1, -0.05) is 30.3 Å². The minimum absolute atomic E-state index is 0.0106. The van der Waals surface area contributed by atoms with E-state index < -0.39 is 0 Å². The van der Waals surface area contributed by atoms with Gasteiger partial charge in [-0.05, 0) is 23.8 Å². The van der Waals surface area contributed by atoms with E-state index in [0.717, 1.165) is 23.3 Å². The molecule has 22 heavy (non-hydrogen) atoms. The van der Waals surface area contributed by atoms with E-state index in [1.54, 1.807) is 7.11 Å². The highest BCUT2D eigenvalue weighted by atomic mass is 16.5. The second kappa shape index (κ2) is 6.62. The van der Waals surface area contributed by atoms with Crippen LogP contribution in [0, 0.1) is 0 Å². The first kappa shape index (κ1) is 14.6. The number of methoxy groups -OCH3 is 1. The SMILES string of the molecule is COCc1cccc(C(=O)N[C@H]2CCOc3ccccc32)c1. The number of carbonyl (C=O) groups excluding carboxylic acids is 1. The number of rotatable bonds is 4. The van der Waals surface area contributed by atoms with Crippen LogP contribution >= 0.6 is 0 Å². The van der Waals surface area contributed by atoms with Crippen molar-refractivity contribution in [1.29, 1.82) is 0 Å². The van der Waals surface area contributed by atoms with Crippen molar-refractivity contribution in [2.45, 2.75) is 19.1 Å². The second-order valence-electron chi connectivity index (χ2n) is 5.33. The van der Waals surface area contributed by atoms with Crippen LogP contribution in [-0.2, 0) is 11.3 Å². The molecule has 3 rings (SSSR count). The lowest BCUT2D eigenvalue weighted by molar-refractivity contribution is 0.0924. The standard InChI is InChI=1S/C18H19NO3/c1-21-12-13-5-4-6-14(11-13)18(20)19-16-9-10-22-17-8-3-2-7-15(16)17/h2-8,11,16H,9-10,12H2,1H3,(H,19,20)/t16-/m0/s1. The molecule has 0 saturated heterocycles. The second-order valence-corrected chi connectivity index (χ2v) is 5.33. The topological polar surface area (TPSA) is 47.6 Å². The third kappa shape index (κ3) is 3.12. The number of benzene rings is 2. The highest BCUT2D eigenvalue weighted by molar-refractivity contribution is 5.94. The summed E-state index contributed by atoms with van der Waals surface area (Å²) in [5.41, 5.74) is 2.68. The Bertz CT molecular complexity index is 669. The van der Waals surface area contributed by atoms with Gasteiger partial charge in [0.15, 0.2) is 0 Å². The minimum Gasteiger partial charge on any atom is -0.493 e. The molecule has 0 bridgehead atoms. The number of carbonyl (C=O) groups is 1. The molecule has 2 aromatic carbocycles. The predicted molar refractivity (Wildman–Crippen MR) is 83.9 cm³/mol. The minimum atomic E-state index is -0.0698. The summed E-state index contributed by atoms with van der Waals surface area (Å²) in [4.78, 5) is 12.5. The number of para-hydroxylation sites is 1. The van der Waals surface area contributed by atoms with Crippen molar-refractivity contribution in [1.82, 2.24) is 5.32 Å². The quantitative estimate of drug-likeness (QED) is 0.943. The zero-order valence-electron chi connectivity index (χ0n) is 12.5. The van der Waals surface area contributed by atoms with Gasteiger partial charge in [0.2, 0.25) is 0 Å². The van der Waals surface area contributed by atoms with Crippen LogP contribution in [0.2, 0.25) is 0 Å². The van der Waals surface area contributed by atoms with E-state index in [1.165, 1.54) is 0 Å². The van der Waals surface area contributed by atoms with Crippen LogP contribution in [0.3, 0.4) is 0 Å². The molecule has 2 aromatic rings. The summed E-state index contributed by atoms with van der Waals surface area (Å²) in [7, 11) is 1.64. The molecule has 4 nitrogen and oxygen atoms in total. The molecule has 1 aliphatic heterocycles. The van der Waals surface area contributed by atoms with Crippen LogP contribution in [0.15, 0.2) is 48.5 Å². The fourth-order valence-corrected chi connectivity index (χ4v) is 2.70. The van der Waals surface area contributed by atoms with Gasteiger partial charge >= 0.3 is 0 Å². The lowest BCUT2D eigenvalue weighted by Crippen LogP contribution is -2.32. The summed E-state index contributed by atoms with van der Waals surface area (Å²) >= 11 is 0. The average Bonchev–Trinajstić information content (AvgIpc) is 2.56. The lowest BCUT2D eigenvalue weighted by Gasteiger charge is -2.26. The average molecular weight is 297 g/mol. The maximum atomic E-state index is 12.5. The monoisotopic (exact) mass is 297 g/mol. The largest absolute Gasteiger partial charge is 0.493 e. The van der Waals surface area contributed by atoms with Crippen LogP contribution in [0.1, 0.15) is 33.9 Å². The van der Waals surface area contributed by atoms with Crippen LogP contribution in [0.25, 0.3) is 0 Å². The van der Waals surface area contributed by atoms with Gasteiger partial charge in [0.25, 0.3) is 5.91 Å². The summed E-state index contributed by atoms with van der Waals surface area (Å²) in [5.74, 6) is 0.784. The van der Waals surface area contributed by atoms with Gasteiger partial charge in [-0.2, -0.15) is 0 Å². The molecule has 0 radical (unpaired) electrons. The van der Waals surface area contributed by atoms with Gasteiger partial charge < -0.3 is 14.8 Å². The Morgan fingerprint density at radius 2 is 2.14 bits per heavy atom. The fourth-order valence-electron chi connectivity index (χ4n) is 2.70. The van der Waals surface area contributed by atoms with Crippen molar-refractivity contribution in [2.75, 3.05) is 13.7 Å². The molecule has 0 spiro atoms. The first-order valence-electron chi connectivity index (χ1n) is 7.38. The van der Waals surface area contributed by atoms with Gasteiger partial charge in [0.05, 0.1) is 19.3 Å². The van der Waals surface area contributed by atoms with Crippen molar-refractivity contribution in [3.05, 3.63) is 65.2 Å². The van der Waals surface area contributed by atoms with Gasteiger partial charge in [0.1, 0.15) is 5.75 Å². The number of fused-ring (bicyclic) bond motifs is 1. The number of ether oxygens (including phenoxy) is 2. The number of amides is 1. The normalized spacial score (nSPS) is 16.5. The van der Waals surface area contributed by atoms with Crippen LogP contribution in [0.4, 0.5) is 0 Å². The molecule has 1 aliphatic rings. The molecule has 0 aliphatic carbocycles. The lowest BCUT2D eigenvalue weighted by atomic mass is 10.00. The van der Waals surface area contributed by atoms with Gasteiger partial charge in [-0.15, -0.1) is 0 Å². The van der Waals surface area contributed by atoms with Gasteiger partial charge in [-0.25, -0.2) is 0 Å². The van der Waals surface area contributed by atoms with Gasteiger partial charge in [-0.3, -0.25) is 4.79 Å². The van der Waals surface area contributed by atoms with Crippen molar-refractivity contribution in [3.8, 4) is 5.75 Å². The van der Waals surface area contributed by atoms with Crippen molar-refractivity contribution in [2.24, 2.45) is 0 Å². The van der Waals surface area contributed by atoms with E-state index in [9.17, 15) is 4.79 Å². The first-order chi connectivity index (χ1) is 10.8.